The highest BCUT2D eigenvalue weighted by atomic mass is 35.5. The Labute approximate surface area is 623 Å². The van der Waals surface area contributed by atoms with Crippen LogP contribution in [-0.4, -0.2) is 227 Å². The number of alkyl halides is 1. The predicted octanol–water partition coefficient (Wildman–Crippen LogP) is 13.4. The summed E-state index contributed by atoms with van der Waals surface area (Å²) < 4.78 is 53.4. The summed E-state index contributed by atoms with van der Waals surface area (Å²) >= 11 is 5.83. The topological polar surface area (TPSA) is 189 Å². The fraction of sp³-hybridized carbons (Fsp3) is 0.732. The van der Waals surface area contributed by atoms with Gasteiger partial charge in [-0.05, 0) is 172 Å². The molecule has 7 fully saturated rings. The Bertz CT molecular complexity index is 3220. The highest BCUT2D eigenvalue weighted by Gasteiger charge is 2.36. The SMILES string of the molecule is CC(C)(C)C1CCCN(C(=O)/C=C/CN2CC(O)C2)C1.CC(C)(C)C1CCCN(C(=O)/C=C/CN2CCC(S(C)(=O)=O)CC2)C1.CC(C)(C)C1CCCN(C(=O)/C=C/CN2CCCOCC2)C1.CC(Cl)C(=O)N1CCCC(C(C)(C)C)C1.Cc1ccc(S(=O)(=O)Cc2cccc(C(C)C)c2)cc1. The number of amides is 4. The lowest BCUT2D eigenvalue weighted by Gasteiger charge is -2.40. The van der Waals surface area contributed by atoms with Crippen molar-refractivity contribution in [1.82, 2.24) is 34.3 Å². The third kappa shape index (κ3) is 31.2. The fourth-order valence-corrected chi connectivity index (χ4v) is 16.8. The van der Waals surface area contributed by atoms with Crippen LogP contribution in [0.4, 0.5) is 0 Å². The number of aliphatic hydroxyl groups is 1. The second-order valence-corrected chi connectivity index (χ2v) is 39.7. The molecule has 0 aromatic heterocycles. The molecule has 7 aliphatic rings. The quantitative estimate of drug-likeness (QED) is 0.131. The van der Waals surface area contributed by atoms with Crippen LogP contribution in [0.5, 0.6) is 0 Å². The van der Waals surface area contributed by atoms with E-state index in [1.165, 1.54) is 37.5 Å². The van der Waals surface area contributed by atoms with Crippen molar-refractivity contribution in [2.75, 3.05) is 131 Å². The van der Waals surface area contributed by atoms with Crippen molar-refractivity contribution in [2.24, 2.45) is 45.3 Å². The van der Waals surface area contributed by atoms with Gasteiger partial charge in [-0.15, -0.1) is 11.6 Å². The number of carbonyl (C=O) groups excluding carboxylic acids is 4. The summed E-state index contributed by atoms with van der Waals surface area (Å²) in [6.07, 6.45) is 24.0. The van der Waals surface area contributed by atoms with E-state index in [4.69, 9.17) is 16.3 Å². The first kappa shape index (κ1) is 88.2. The van der Waals surface area contributed by atoms with Crippen molar-refractivity contribution in [1.29, 1.82) is 0 Å². The van der Waals surface area contributed by atoms with Crippen LogP contribution in [0.3, 0.4) is 0 Å². The van der Waals surface area contributed by atoms with E-state index in [-0.39, 0.29) is 67.8 Å². The van der Waals surface area contributed by atoms with Crippen LogP contribution in [0.25, 0.3) is 0 Å². The molecule has 7 aliphatic heterocycles. The van der Waals surface area contributed by atoms with Gasteiger partial charge in [-0.3, -0.25) is 33.9 Å². The first-order chi connectivity index (χ1) is 47.6. The highest BCUT2D eigenvalue weighted by Crippen LogP contribution is 2.37. The number of sulfone groups is 2. The zero-order valence-corrected chi connectivity index (χ0v) is 68.5. The molecule has 7 saturated heterocycles. The standard InChI is InChI=1S/C19H34N2O3S.C18H32N2O2.C17H20O2S.C16H28N2O2.C12H22ClNO/c1-19(2,3)16-7-5-12-21(15-16)18(22)8-6-11-20-13-9-17(10-14-20)25(4,23)24;1-18(2,3)16-7-4-11-20(15-16)17(21)8-5-9-19-10-6-13-22-14-12-19;1-13(2)16-6-4-5-15(11-16)12-20(18,19)17-9-7-14(3)8-10-17;1-16(2,3)13-6-4-9-18(10-13)15(20)7-5-8-17-11-14(19)12-17;1-9(13)11(15)14-7-5-6-10(8-14)12(2,3)4/h6,8,16-17H,5,7,9-15H2,1-4H3;5,8,16H,4,6-7,9-15H2,1-3H3;4-11,13H,12H2,1-3H3;5,7,13-14,19H,4,6,8-12H2,1-3H3;9-10H,5-8H2,1-4H3/b8-6+;8-5+;;7-5+;. The molecule has 17 nitrogen and oxygen atoms in total. The van der Waals surface area contributed by atoms with Gasteiger partial charge >= 0.3 is 0 Å². The second-order valence-electron chi connectivity index (χ2n) is 34.7. The number of hydrogen-bond acceptors (Lipinski definition) is 13. The van der Waals surface area contributed by atoms with Gasteiger partial charge in [0.05, 0.1) is 28.6 Å². The highest BCUT2D eigenvalue weighted by molar-refractivity contribution is 7.91. The number of rotatable bonds is 15. The Balaban J connectivity index is 0.000000231. The van der Waals surface area contributed by atoms with Gasteiger partial charge in [0.1, 0.15) is 15.2 Å². The van der Waals surface area contributed by atoms with E-state index in [0.717, 1.165) is 168 Å². The number of carbonyl (C=O) groups is 4. The summed E-state index contributed by atoms with van der Waals surface area (Å²) in [5.41, 5.74) is 4.16. The maximum absolute atomic E-state index is 12.4. The molecule has 0 radical (unpaired) electrons. The molecule has 0 bridgehead atoms. The molecule has 1 N–H and O–H groups in total. The lowest BCUT2D eigenvalue weighted by Crippen LogP contribution is -2.50. The third-order valence-corrected chi connectivity index (χ3v) is 25.4. The third-order valence-electron chi connectivity index (χ3n) is 21.8. The molecule has 20 heteroatoms. The molecule has 0 spiro atoms. The van der Waals surface area contributed by atoms with Crippen LogP contribution < -0.4 is 0 Å². The summed E-state index contributed by atoms with van der Waals surface area (Å²) in [6.45, 7) is 51.1. The predicted molar refractivity (Wildman–Crippen MR) is 419 cm³/mol. The maximum Gasteiger partial charge on any atom is 0.246 e. The molecule has 102 heavy (non-hydrogen) atoms. The number of β-amino-alcohol motifs (C(OH)–C–C–N with tert-alkyl or cyclic N) is 1. The van der Waals surface area contributed by atoms with E-state index >= 15 is 0 Å². The van der Waals surface area contributed by atoms with Gasteiger partial charge in [0.25, 0.3) is 0 Å². The normalized spacial score (nSPS) is 22.7. The number of nitrogens with zero attached hydrogens (tertiary/aromatic N) is 7. The summed E-state index contributed by atoms with van der Waals surface area (Å²) in [5, 5.41) is 8.61. The van der Waals surface area contributed by atoms with Crippen molar-refractivity contribution >= 4 is 54.9 Å². The van der Waals surface area contributed by atoms with E-state index in [9.17, 15) is 41.1 Å². The molecular weight excluding hydrogens is 1340 g/mol. The van der Waals surface area contributed by atoms with Gasteiger partial charge in [0.2, 0.25) is 23.6 Å². The van der Waals surface area contributed by atoms with Gasteiger partial charge in [-0.25, -0.2) is 16.8 Å². The Kier molecular flexibility index (Phi) is 35.5. The number of benzene rings is 2. The van der Waals surface area contributed by atoms with Crippen molar-refractivity contribution in [2.45, 2.75) is 215 Å². The van der Waals surface area contributed by atoms with E-state index in [0.29, 0.717) is 47.3 Å². The lowest BCUT2D eigenvalue weighted by atomic mass is 9.76. The average Bonchev–Trinajstić information content (AvgIpc) is 0.976. The first-order valence-electron chi connectivity index (χ1n) is 38.4. The van der Waals surface area contributed by atoms with Gasteiger partial charge < -0.3 is 29.4 Å². The van der Waals surface area contributed by atoms with E-state index in [1.54, 1.807) is 37.3 Å². The summed E-state index contributed by atoms with van der Waals surface area (Å²) in [4.78, 5) is 63.8. The molecule has 5 unspecified atom stereocenters. The monoisotopic (exact) mass is 1480 g/mol. The summed E-state index contributed by atoms with van der Waals surface area (Å²) in [6, 6.07) is 14.8. The molecule has 4 amide bonds. The average molecular weight is 1480 g/mol. The minimum atomic E-state index is -3.27. The van der Waals surface area contributed by atoms with Crippen LogP contribution in [-0.2, 0) is 49.3 Å². The van der Waals surface area contributed by atoms with Crippen LogP contribution >= 0.6 is 11.6 Å². The molecule has 7 heterocycles. The molecule has 0 aliphatic carbocycles. The van der Waals surface area contributed by atoms with Crippen LogP contribution in [0.2, 0.25) is 0 Å². The Hall–Kier alpha value is -4.47. The van der Waals surface area contributed by atoms with Crippen molar-refractivity contribution < 1.29 is 45.9 Å². The minimum absolute atomic E-state index is 0.0522. The Morgan fingerprint density at radius 2 is 0.922 bits per heavy atom. The van der Waals surface area contributed by atoms with E-state index < -0.39 is 19.7 Å². The van der Waals surface area contributed by atoms with Crippen LogP contribution in [0.15, 0.2) is 89.9 Å². The Morgan fingerprint density at radius 1 is 0.520 bits per heavy atom. The summed E-state index contributed by atoms with van der Waals surface area (Å²) in [5.74, 6) is 3.35. The van der Waals surface area contributed by atoms with Crippen molar-refractivity contribution in [3.8, 4) is 0 Å². The van der Waals surface area contributed by atoms with Crippen molar-refractivity contribution in [3.05, 3.63) is 102 Å². The van der Waals surface area contributed by atoms with Gasteiger partial charge in [0.15, 0.2) is 9.84 Å². The van der Waals surface area contributed by atoms with Gasteiger partial charge in [-0.1, -0.05) is 157 Å². The zero-order valence-electron chi connectivity index (χ0n) is 66.1. The number of hydrogen-bond donors (Lipinski definition) is 1. The number of aryl methyl sites for hydroxylation is 1. The lowest BCUT2D eigenvalue weighted by molar-refractivity contribution is -0.133. The van der Waals surface area contributed by atoms with E-state index in [2.05, 4.69) is 112 Å². The number of halogens is 1. The molecule has 578 valence electrons. The van der Waals surface area contributed by atoms with Crippen molar-refractivity contribution in [3.63, 3.8) is 0 Å². The minimum Gasteiger partial charge on any atom is -0.390 e. The van der Waals surface area contributed by atoms with Gasteiger partial charge in [0, 0.05) is 129 Å². The van der Waals surface area contributed by atoms with E-state index in [1.807, 2.05) is 81.1 Å². The maximum atomic E-state index is 12.4. The molecule has 0 saturated carbocycles. The number of ether oxygens (including phenoxy) is 1. The largest absolute Gasteiger partial charge is 0.390 e. The van der Waals surface area contributed by atoms with Gasteiger partial charge in [-0.2, -0.15) is 0 Å². The number of aliphatic hydroxyl groups excluding tert-OH is 1. The van der Waals surface area contributed by atoms with Crippen LogP contribution in [0, 0.1) is 52.3 Å². The molecular formula is C82H136ClN7O10S2. The molecule has 9 rings (SSSR count). The molecule has 2 aromatic carbocycles. The first-order valence-corrected chi connectivity index (χ1v) is 42.4. The summed E-state index contributed by atoms with van der Waals surface area (Å²) in [7, 11) is -6.19. The Morgan fingerprint density at radius 3 is 1.31 bits per heavy atom. The number of piperidine rings is 5. The smallest absolute Gasteiger partial charge is 0.246 e. The zero-order chi connectivity index (χ0) is 75.8. The fourth-order valence-electron chi connectivity index (χ4n) is 14.3. The second kappa shape index (κ2) is 41.0. The molecule has 5 atom stereocenters. The number of likely N-dealkylation sites (tertiary alicyclic amines) is 6. The molecule has 2 aromatic rings. The van der Waals surface area contributed by atoms with Crippen LogP contribution in [0.1, 0.15) is 197 Å².